The van der Waals surface area contributed by atoms with E-state index < -0.39 is 11.9 Å². The van der Waals surface area contributed by atoms with Crippen molar-refractivity contribution < 1.29 is 38.1 Å². The summed E-state index contributed by atoms with van der Waals surface area (Å²) in [5, 5.41) is 8.00. The maximum Gasteiger partial charge on any atom is 0.343 e. The van der Waals surface area contributed by atoms with Crippen molar-refractivity contribution in [1.29, 1.82) is 0 Å². The molecule has 0 saturated carbocycles. The fraction of sp³-hybridized carbons (Fsp3) is 0.211. The summed E-state index contributed by atoms with van der Waals surface area (Å²) in [5.74, 6) is -0.236. The third-order valence-electron chi connectivity index (χ3n) is 7.16. The number of esters is 2. The topological polar surface area (TPSA) is 154 Å². The van der Waals surface area contributed by atoms with Gasteiger partial charge >= 0.3 is 11.9 Å². The number of nitrogens with one attached hydrogen (secondary N) is 2. The van der Waals surface area contributed by atoms with Crippen molar-refractivity contribution in [2.75, 3.05) is 14.2 Å². The van der Waals surface area contributed by atoms with Gasteiger partial charge in [0.1, 0.15) is 0 Å². The van der Waals surface area contributed by atoms with Gasteiger partial charge in [-0.1, -0.05) is 49.2 Å². The van der Waals surface area contributed by atoms with Gasteiger partial charge in [0.2, 0.25) is 11.8 Å². The van der Waals surface area contributed by atoms with Crippen LogP contribution in [0.5, 0.6) is 23.0 Å². The lowest BCUT2D eigenvalue weighted by atomic mass is 10.1. The monoisotopic (exact) mass is 678 g/mol. The second-order valence-electron chi connectivity index (χ2n) is 10.8. The van der Waals surface area contributed by atoms with Crippen LogP contribution in [0.2, 0.25) is 0 Å². The molecule has 0 heterocycles. The van der Waals surface area contributed by atoms with Crippen molar-refractivity contribution >= 4 is 36.2 Å². The molecule has 0 saturated heterocycles. The van der Waals surface area contributed by atoms with Gasteiger partial charge in [-0.15, -0.1) is 0 Å². The molecule has 0 aliphatic carbocycles. The SMILES string of the molecule is COc1cc(/C=N/NC(=O)CCCCCCC(=O)N/N=C/c2ccc(OC(=O)c3ccccc3)c(OC)c2)ccc1OC(=O)c1ccccc1. The quantitative estimate of drug-likeness (QED) is 0.0448. The smallest absolute Gasteiger partial charge is 0.343 e. The Kier molecular flexibility index (Phi) is 14.3. The summed E-state index contributed by atoms with van der Waals surface area (Å²) in [5.41, 5.74) is 7.13. The van der Waals surface area contributed by atoms with Crippen LogP contribution in [0, 0.1) is 0 Å². The van der Waals surface area contributed by atoms with Crippen LogP contribution < -0.4 is 29.8 Å². The minimum Gasteiger partial charge on any atom is -0.493 e. The lowest BCUT2D eigenvalue weighted by Crippen LogP contribution is -2.17. The van der Waals surface area contributed by atoms with Crippen molar-refractivity contribution in [2.24, 2.45) is 10.2 Å². The van der Waals surface area contributed by atoms with E-state index in [2.05, 4.69) is 21.1 Å². The van der Waals surface area contributed by atoms with Crippen LogP contribution in [0.25, 0.3) is 0 Å². The zero-order chi connectivity index (χ0) is 35.6. The fourth-order valence-corrected chi connectivity index (χ4v) is 4.56. The number of rotatable bonds is 17. The van der Waals surface area contributed by atoms with Gasteiger partial charge in [-0.05, 0) is 84.6 Å². The van der Waals surface area contributed by atoms with Crippen LogP contribution in [0.15, 0.2) is 107 Å². The molecular weight excluding hydrogens is 640 g/mol. The minimum atomic E-state index is -0.502. The number of carbonyl (C=O) groups excluding carboxylic acids is 4. The van der Waals surface area contributed by atoms with Gasteiger partial charge in [-0.25, -0.2) is 20.4 Å². The minimum absolute atomic E-state index is 0.229. The lowest BCUT2D eigenvalue weighted by Gasteiger charge is -2.10. The van der Waals surface area contributed by atoms with E-state index >= 15 is 0 Å². The van der Waals surface area contributed by atoms with Gasteiger partial charge < -0.3 is 18.9 Å². The van der Waals surface area contributed by atoms with Crippen LogP contribution in [-0.4, -0.2) is 50.4 Å². The Morgan fingerprint density at radius 2 is 0.940 bits per heavy atom. The van der Waals surface area contributed by atoms with E-state index in [4.69, 9.17) is 18.9 Å². The number of nitrogens with zero attached hydrogens (tertiary/aromatic N) is 2. The molecule has 0 radical (unpaired) electrons. The molecule has 0 bridgehead atoms. The van der Waals surface area contributed by atoms with Gasteiger partial charge in [0.25, 0.3) is 0 Å². The summed E-state index contributed by atoms with van der Waals surface area (Å²) < 4.78 is 21.6. The summed E-state index contributed by atoms with van der Waals surface area (Å²) in [7, 11) is 2.93. The Hall–Kier alpha value is -6.30. The molecule has 0 aromatic heterocycles. The molecule has 12 heteroatoms. The number of hydrogen-bond donors (Lipinski definition) is 2. The van der Waals surface area contributed by atoms with E-state index in [1.807, 2.05) is 12.1 Å². The molecule has 0 atom stereocenters. The standard InChI is InChI=1S/C38H38N4O8/c1-47-33-23-27(19-21-31(33)49-37(45)29-13-7-5-8-14-29)25-39-41-35(43)17-11-3-4-12-18-36(44)42-40-26-28-20-22-32(34(24-28)48-2)50-38(46)30-15-9-6-10-16-30/h5-10,13-16,19-26H,3-4,11-12,17-18H2,1-2H3,(H,41,43)(H,42,44)/b39-25+,40-26+. The molecule has 0 aliphatic heterocycles. The zero-order valence-electron chi connectivity index (χ0n) is 27.8. The van der Waals surface area contributed by atoms with E-state index in [-0.39, 0.29) is 23.3 Å². The molecular formula is C38H38N4O8. The highest BCUT2D eigenvalue weighted by Crippen LogP contribution is 2.29. The van der Waals surface area contributed by atoms with Gasteiger partial charge in [0, 0.05) is 12.8 Å². The molecule has 2 N–H and O–H groups in total. The van der Waals surface area contributed by atoms with Crippen molar-refractivity contribution in [3.63, 3.8) is 0 Å². The van der Waals surface area contributed by atoms with Crippen LogP contribution in [-0.2, 0) is 9.59 Å². The van der Waals surface area contributed by atoms with Crippen molar-refractivity contribution in [1.82, 2.24) is 10.9 Å². The Morgan fingerprint density at radius 1 is 0.540 bits per heavy atom. The first-order valence-electron chi connectivity index (χ1n) is 15.9. The first-order valence-corrected chi connectivity index (χ1v) is 15.9. The Labute approximate surface area is 290 Å². The van der Waals surface area contributed by atoms with Gasteiger partial charge in [0.05, 0.1) is 37.8 Å². The van der Waals surface area contributed by atoms with Gasteiger partial charge in [0.15, 0.2) is 23.0 Å². The molecule has 258 valence electrons. The van der Waals surface area contributed by atoms with Crippen molar-refractivity contribution in [3.8, 4) is 23.0 Å². The second kappa shape index (κ2) is 19.5. The van der Waals surface area contributed by atoms with Crippen molar-refractivity contribution in [3.05, 3.63) is 119 Å². The highest BCUT2D eigenvalue weighted by atomic mass is 16.6. The number of carbonyl (C=O) groups is 4. The van der Waals surface area contributed by atoms with E-state index in [0.717, 1.165) is 12.8 Å². The molecule has 4 rings (SSSR count). The maximum absolute atomic E-state index is 12.4. The van der Waals surface area contributed by atoms with Gasteiger partial charge in [-0.3, -0.25) is 9.59 Å². The maximum atomic E-state index is 12.4. The Balaban J connectivity index is 1.09. The molecule has 4 aromatic carbocycles. The van der Waals surface area contributed by atoms with E-state index in [1.54, 1.807) is 84.9 Å². The summed E-state index contributed by atoms with van der Waals surface area (Å²) in [6, 6.07) is 27.1. The summed E-state index contributed by atoms with van der Waals surface area (Å²) in [6.07, 6.45) is 6.37. The Morgan fingerprint density at radius 3 is 1.32 bits per heavy atom. The van der Waals surface area contributed by atoms with Crippen molar-refractivity contribution in [2.45, 2.75) is 38.5 Å². The number of unbranched alkanes of at least 4 members (excludes halogenated alkanes) is 3. The van der Waals surface area contributed by atoms with Crippen LogP contribution in [0.1, 0.15) is 70.4 Å². The molecule has 4 aromatic rings. The van der Waals surface area contributed by atoms with Gasteiger partial charge in [-0.2, -0.15) is 10.2 Å². The third-order valence-corrected chi connectivity index (χ3v) is 7.16. The van der Waals surface area contributed by atoms with E-state index in [0.29, 0.717) is 59.4 Å². The summed E-state index contributed by atoms with van der Waals surface area (Å²) >= 11 is 0. The molecule has 2 amide bonds. The molecule has 0 aliphatic rings. The fourth-order valence-electron chi connectivity index (χ4n) is 4.56. The van der Waals surface area contributed by atoms with E-state index in [9.17, 15) is 19.2 Å². The normalized spacial score (nSPS) is 10.8. The largest absolute Gasteiger partial charge is 0.493 e. The number of hydrogen-bond acceptors (Lipinski definition) is 10. The number of ether oxygens (including phenoxy) is 4. The number of hydrazone groups is 2. The molecule has 0 fully saturated rings. The first-order chi connectivity index (χ1) is 24.4. The Bertz CT molecular complexity index is 1680. The number of methoxy groups -OCH3 is 2. The summed E-state index contributed by atoms with van der Waals surface area (Å²) in [6.45, 7) is 0. The van der Waals surface area contributed by atoms with Crippen LogP contribution in [0.4, 0.5) is 0 Å². The lowest BCUT2D eigenvalue weighted by molar-refractivity contribution is -0.122. The highest BCUT2D eigenvalue weighted by Gasteiger charge is 2.14. The summed E-state index contributed by atoms with van der Waals surface area (Å²) in [4.78, 5) is 49.1. The average Bonchev–Trinajstić information content (AvgIpc) is 3.14. The second-order valence-corrected chi connectivity index (χ2v) is 10.8. The van der Waals surface area contributed by atoms with E-state index in [1.165, 1.54) is 26.6 Å². The number of benzene rings is 4. The first kappa shape index (κ1) is 36.5. The predicted molar refractivity (Wildman–Crippen MR) is 188 cm³/mol. The third kappa shape index (κ3) is 11.7. The zero-order valence-corrected chi connectivity index (χ0v) is 27.8. The molecule has 12 nitrogen and oxygen atoms in total. The van der Waals surface area contributed by atoms with Crippen LogP contribution in [0.3, 0.4) is 0 Å². The molecule has 0 spiro atoms. The predicted octanol–water partition coefficient (Wildman–Crippen LogP) is 6.08. The average molecular weight is 679 g/mol. The van der Waals surface area contributed by atoms with Crippen LogP contribution >= 0.6 is 0 Å². The molecule has 50 heavy (non-hydrogen) atoms. The number of amides is 2. The highest BCUT2D eigenvalue weighted by molar-refractivity contribution is 5.92. The molecule has 0 unspecified atom stereocenters.